The third-order valence-electron chi connectivity index (χ3n) is 5.60. The molecule has 1 saturated carbocycles. The van der Waals surface area contributed by atoms with Gasteiger partial charge in [-0.3, -0.25) is 9.89 Å². The summed E-state index contributed by atoms with van der Waals surface area (Å²) in [5.41, 5.74) is 0.737. The minimum absolute atomic E-state index is 0.165. The summed E-state index contributed by atoms with van der Waals surface area (Å²) in [5.74, 6) is 1.12. The molecule has 1 heterocycles. The third kappa shape index (κ3) is 6.09. The molecule has 3 rings (SSSR count). The molecular formula is C20H28F4N4. The molecule has 1 aliphatic carbocycles. The lowest BCUT2D eigenvalue weighted by atomic mass is 9.93. The number of hydrogen-bond acceptors (Lipinski definition) is 2. The average molecular weight is 400 g/mol. The molecule has 0 spiro atoms. The molecule has 2 fully saturated rings. The summed E-state index contributed by atoms with van der Waals surface area (Å²) in [6.07, 6.45) is -0.749. The van der Waals surface area contributed by atoms with Gasteiger partial charge in [-0.25, -0.2) is 4.39 Å². The Bertz CT molecular complexity index is 668. The van der Waals surface area contributed by atoms with Crippen molar-refractivity contribution in [1.29, 1.82) is 0 Å². The predicted octanol–water partition coefficient (Wildman–Crippen LogP) is 3.51. The number of alkyl halides is 3. The van der Waals surface area contributed by atoms with Gasteiger partial charge in [0.05, 0.1) is 6.54 Å². The van der Waals surface area contributed by atoms with Gasteiger partial charge in [0.2, 0.25) is 0 Å². The van der Waals surface area contributed by atoms with Crippen molar-refractivity contribution in [1.82, 2.24) is 15.5 Å². The highest BCUT2D eigenvalue weighted by Crippen LogP contribution is 2.41. The third-order valence-corrected chi connectivity index (χ3v) is 5.60. The maximum atomic E-state index is 13.9. The second-order valence-electron chi connectivity index (χ2n) is 7.74. The van der Waals surface area contributed by atoms with E-state index in [4.69, 9.17) is 0 Å². The molecule has 8 heteroatoms. The summed E-state index contributed by atoms with van der Waals surface area (Å²) in [6, 6.07) is 7.02. The summed E-state index contributed by atoms with van der Waals surface area (Å²) in [4.78, 5) is 5.71. The highest BCUT2D eigenvalue weighted by Gasteiger charge is 2.40. The van der Waals surface area contributed by atoms with E-state index in [1.807, 2.05) is 12.1 Å². The molecule has 1 aliphatic heterocycles. The van der Waals surface area contributed by atoms with Gasteiger partial charge >= 0.3 is 6.18 Å². The Morgan fingerprint density at radius 1 is 1.21 bits per heavy atom. The number of aliphatic imine (C=N–C) groups is 1. The van der Waals surface area contributed by atoms with Gasteiger partial charge in [-0.15, -0.1) is 0 Å². The van der Waals surface area contributed by atoms with Crippen LogP contribution >= 0.6 is 0 Å². The number of benzene rings is 1. The highest BCUT2D eigenvalue weighted by molar-refractivity contribution is 5.80. The van der Waals surface area contributed by atoms with Gasteiger partial charge in [0.1, 0.15) is 5.82 Å². The van der Waals surface area contributed by atoms with E-state index in [2.05, 4.69) is 15.6 Å². The monoisotopic (exact) mass is 400 g/mol. The number of rotatable bonds is 6. The predicted molar refractivity (Wildman–Crippen MR) is 102 cm³/mol. The van der Waals surface area contributed by atoms with Crippen LogP contribution in [-0.2, 0) is 0 Å². The Morgan fingerprint density at radius 3 is 2.57 bits per heavy atom. The average Bonchev–Trinajstić information content (AvgIpc) is 3.40. The smallest absolute Gasteiger partial charge is 0.356 e. The van der Waals surface area contributed by atoms with Crippen LogP contribution in [0.3, 0.4) is 0 Å². The number of halogens is 4. The second-order valence-corrected chi connectivity index (χ2v) is 7.74. The first kappa shape index (κ1) is 20.9. The first-order chi connectivity index (χ1) is 13.4. The van der Waals surface area contributed by atoms with Gasteiger partial charge in [0.15, 0.2) is 5.96 Å². The summed E-state index contributed by atoms with van der Waals surface area (Å²) in [5, 5.41) is 6.60. The standard InChI is InChI=1S/C20H28F4N4/c1-25-19(27-18-12-16(18)15-4-2-3-5-17(15)21)26-9-6-14-7-10-28(11-8-14)13-20(22,23)24/h2-5,14,16,18H,6-13H2,1H3,(H2,25,26,27). The molecule has 2 unspecified atom stereocenters. The SMILES string of the molecule is CN=C(NCCC1CCN(CC(F)(F)F)CC1)NC1CC1c1ccccc1F. The molecule has 28 heavy (non-hydrogen) atoms. The number of guanidine groups is 1. The number of nitrogens with zero attached hydrogens (tertiary/aromatic N) is 2. The Hall–Kier alpha value is -1.83. The van der Waals surface area contributed by atoms with Crippen molar-refractivity contribution >= 4 is 5.96 Å². The zero-order chi connectivity index (χ0) is 20.1. The number of piperidine rings is 1. The molecular weight excluding hydrogens is 372 g/mol. The topological polar surface area (TPSA) is 39.7 Å². The molecule has 2 aliphatic rings. The fraction of sp³-hybridized carbons (Fsp3) is 0.650. The van der Waals surface area contributed by atoms with Gasteiger partial charge in [0, 0.05) is 25.6 Å². The molecule has 4 nitrogen and oxygen atoms in total. The maximum absolute atomic E-state index is 13.9. The van der Waals surface area contributed by atoms with Gasteiger partial charge in [-0.1, -0.05) is 18.2 Å². The maximum Gasteiger partial charge on any atom is 0.401 e. The largest absolute Gasteiger partial charge is 0.401 e. The lowest BCUT2D eigenvalue weighted by molar-refractivity contribution is -0.148. The van der Waals surface area contributed by atoms with E-state index in [-0.39, 0.29) is 17.8 Å². The molecule has 156 valence electrons. The first-order valence-corrected chi connectivity index (χ1v) is 9.86. The second kappa shape index (κ2) is 9.11. The fourth-order valence-corrected chi connectivity index (χ4v) is 3.93. The molecule has 0 aromatic heterocycles. The lowest BCUT2D eigenvalue weighted by Gasteiger charge is -2.32. The van der Waals surface area contributed by atoms with E-state index in [1.165, 1.54) is 11.0 Å². The molecule has 0 radical (unpaired) electrons. The molecule has 0 amide bonds. The van der Waals surface area contributed by atoms with Crippen molar-refractivity contribution in [2.24, 2.45) is 10.9 Å². The van der Waals surface area contributed by atoms with Crippen LogP contribution in [0, 0.1) is 11.7 Å². The summed E-state index contributed by atoms with van der Waals surface area (Å²) < 4.78 is 51.2. The molecule has 1 saturated heterocycles. The Kier molecular flexibility index (Phi) is 6.80. The fourth-order valence-electron chi connectivity index (χ4n) is 3.93. The van der Waals surface area contributed by atoms with Crippen molar-refractivity contribution in [3.63, 3.8) is 0 Å². The van der Waals surface area contributed by atoms with E-state index >= 15 is 0 Å². The zero-order valence-corrected chi connectivity index (χ0v) is 16.1. The van der Waals surface area contributed by atoms with E-state index in [0.717, 1.165) is 37.8 Å². The van der Waals surface area contributed by atoms with E-state index in [0.29, 0.717) is 25.0 Å². The zero-order valence-electron chi connectivity index (χ0n) is 16.1. The van der Waals surface area contributed by atoms with E-state index in [1.54, 1.807) is 13.1 Å². The number of hydrogen-bond donors (Lipinski definition) is 2. The van der Waals surface area contributed by atoms with Crippen LogP contribution in [-0.4, -0.2) is 56.3 Å². The van der Waals surface area contributed by atoms with Gasteiger partial charge in [-0.05, 0) is 56.3 Å². The minimum Gasteiger partial charge on any atom is -0.356 e. The summed E-state index contributed by atoms with van der Waals surface area (Å²) >= 11 is 0. The first-order valence-electron chi connectivity index (χ1n) is 9.86. The number of likely N-dealkylation sites (tertiary alicyclic amines) is 1. The van der Waals surface area contributed by atoms with Crippen molar-refractivity contribution in [2.75, 3.05) is 33.2 Å². The summed E-state index contributed by atoms with van der Waals surface area (Å²) in [6.45, 7) is 0.923. The van der Waals surface area contributed by atoms with Crippen LogP contribution in [0.2, 0.25) is 0 Å². The van der Waals surface area contributed by atoms with Crippen LogP contribution in [0.4, 0.5) is 17.6 Å². The Morgan fingerprint density at radius 2 is 1.93 bits per heavy atom. The molecule has 1 aromatic rings. The minimum atomic E-state index is -4.12. The van der Waals surface area contributed by atoms with Gasteiger partial charge in [0.25, 0.3) is 0 Å². The van der Waals surface area contributed by atoms with E-state index < -0.39 is 12.7 Å². The van der Waals surface area contributed by atoms with Crippen molar-refractivity contribution in [3.8, 4) is 0 Å². The van der Waals surface area contributed by atoms with Crippen LogP contribution in [0.1, 0.15) is 37.2 Å². The van der Waals surface area contributed by atoms with Gasteiger partial charge in [-0.2, -0.15) is 13.2 Å². The lowest BCUT2D eigenvalue weighted by Crippen LogP contribution is -2.42. The molecule has 1 aromatic carbocycles. The molecule has 0 bridgehead atoms. The molecule has 2 N–H and O–H groups in total. The Labute approximate surface area is 163 Å². The molecule has 2 atom stereocenters. The van der Waals surface area contributed by atoms with E-state index in [9.17, 15) is 17.6 Å². The highest BCUT2D eigenvalue weighted by atomic mass is 19.4. The van der Waals surface area contributed by atoms with Crippen molar-refractivity contribution in [3.05, 3.63) is 35.6 Å². The van der Waals surface area contributed by atoms with Gasteiger partial charge < -0.3 is 10.6 Å². The van der Waals surface area contributed by atoms with Crippen molar-refractivity contribution in [2.45, 2.75) is 43.8 Å². The van der Waals surface area contributed by atoms with Crippen LogP contribution < -0.4 is 10.6 Å². The van der Waals surface area contributed by atoms with Crippen LogP contribution in [0.5, 0.6) is 0 Å². The summed E-state index contributed by atoms with van der Waals surface area (Å²) in [7, 11) is 1.70. The quantitative estimate of drug-likeness (QED) is 0.436. The van der Waals surface area contributed by atoms with Crippen molar-refractivity contribution < 1.29 is 17.6 Å². The Balaban J connectivity index is 1.34. The normalized spacial score (nSPS) is 24.2. The number of nitrogens with one attached hydrogen (secondary N) is 2. The van der Waals surface area contributed by atoms with Crippen LogP contribution in [0.25, 0.3) is 0 Å². The van der Waals surface area contributed by atoms with Crippen LogP contribution in [0.15, 0.2) is 29.3 Å².